The lowest BCUT2D eigenvalue weighted by atomic mass is 9.78. The molecule has 19 heavy (non-hydrogen) atoms. The van der Waals surface area contributed by atoms with Gasteiger partial charge in [0, 0.05) is 23.4 Å². The minimum absolute atomic E-state index is 0.196. The topological polar surface area (TPSA) is 55.2 Å². The highest BCUT2D eigenvalue weighted by Gasteiger charge is 2.27. The second kappa shape index (κ2) is 5.59. The van der Waals surface area contributed by atoms with E-state index in [1.54, 1.807) is 12.1 Å². The molecule has 3 atom stereocenters. The van der Waals surface area contributed by atoms with E-state index >= 15 is 0 Å². The van der Waals surface area contributed by atoms with Crippen LogP contribution in [0.25, 0.3) is 0 Å². The lowest BCUT2D eigenvalue weighted by Gasteiger charge is -2.35. The number of anilines is 1. The molecule has 0 aliphatic heterocycles. The van der Waals surface area contributed by atoms with Gasteiger partial charge in [-0.1, -0.05) is 32.8 Å². The van der Waals surface area contributed by atoms with Gasteiger partial charge in [-0.3, -0.25) is 10.1 Å². The minimum atomic E-state index is -0.312. The molecule has 0 radical (unpaired) electrons. The zero-order valence-electron chi connectivity index (χ0n) is 11.8. The van der Waals surface area contributed by atoms with E-state index in [0.717, 1.165) is 17.7 Å². The predicted octanol–water partition coefficient (Wildman–Crippen LogP) is 4.14. The standard InChI is InChI=1S/C15H22N2O2/c1-10-6-4-7-13(11(10)2)16-14-8-5-9-15(12(14)3)17(18)19/h5,8-11,13,16H,4,6-7H2,1-3H3. The Balaban J connectivity index is 2.19. The zero-order chi connectivity index (χ0) is 14.0. The molecule has 1 aromatic rings. The van der Waals surface area contributed by atoms with E-state index in [1.807, 2.05) is 13.0 Å². The summed E-state index contributed by atoms with van der Waals surface area (Å²) in [5.41, 5.74) is 1.83. The smallest absolute Gasteiger partial charge is 0.274 e. The van der Waals surface area contributed by atoms with E-state index in [9.17, 15) is 10.1 Å². The Morgan fingerprint density at radius 3 is 2.74 bits per heavy atom. The fraction of sp³-hybridized carbons (Fsp3) is 0.600. The minimum Gasteiger partial charge on any atom is -0.382 e. The van der Waals surface area contributed by atoms with Crippen LogP contribution in [0.4, 0.5) is 11.4 Å². The first-order valence-electron chi connectivity index (χ1n) is 7.01. The molecule has 1 saturated carbocycles. The Morgan fingerprint density at radius 1 is 1.32 bits per heavy atom. The van der Waals surface area contributed by atoms with Crippen molar-refractivity contribution in [2.45, 2.75) is 46.1 Å². The molecule has 1 fully saturated rings. The van der Waals surface area contributed by atoms with Gasteiger partial charge < -0.3 is 5.32 Å². The maximum absolute atomic E-state index is 11.0. The Hall–Kier alpha value is -1.58. The number of benzene rings is 1. The summed E-state index contributed by atoms with van der Waals surface area (Å²) in [6.07, 6.45) is 3.66. The molecule has 4 heteroatoms. The SMILES string of the molecule is Cc1c(NC2CCCC(C)C2C)cccc1[N+](=O)[O-]. The zero-order valence-corrected chi connectivity index (χ0v) is 11.8. The molecule has 0 bridgehead atoms. The van der Waals surface area contributed by atoms with Crippen LogP contribution in [-0.2, 0) is 0 Å². The van der Waals surface area contributed by atoms with Crippen molar-refractivity contribution in [3.05, 3.63) is 33.9 Å². The van der Waals surface area contributed by atoms with Crippen molar-refractivity contribution in [1.29, 1.82) is 0 Å². The second-order valence-corrected chi connectivity index (χ2v) is 5.72. The van der Waals surface area contributed by atoms with E-state index in [2.05, 4.69) is 19.2 Å². The highest BCUT2D eigenvalue weighted by Crippen LogP contribution is 2.33. The largest absolute Gasteiger partial charge is 0.382 e. The van der Waals surface area contributed by atoms with Gasteiger partial charge >= 0.3 is 0 Å². The number of nitro groups is 1. The average molecular weight is 262 g/mol. The Morgan fingerprint density at radius 2 is 2.05 bits per heavy atom. The summed E-state index contributed by atoms with van der Waals surface area (Å²) in [6.45, 7) is 6.38. The fourth-order valence-electron chi connectivity index (χ4n) is 2.96. The van der Waals surface area contributed by atoms with Crippen LogP contribution in [0.3, 0.4) is 0 Å². The van der Waals surface area contributed by atoms with Gasteiger partial charge in [0.05, 0.1) is 4.92 Å². The Labute approximate surface area is 114 Å². The van der Waals surface area contributed by atoms with Crippen molar-refractivity contribution in [3.8, 4) is 0 Å². The Kier molecular flexibility index (Phi) is 4.08. The van der Waals surface area contributed by atoms with E-state index in [4.69, 9.17) is 0 Å². The maximum Gasteiger partial charge on any atom is 0.274 e. The van der Waals surface area contributed by atoms with E-state index in [1.165, 1.54) is 12.8 Å². The summed E-state index contributed by atoms with van der Waals surface area (Å²) in [6, 6.07) is 5.68. The number of hydrogen-bond donors (Lipinski definition) is 1. The summed E-state index contributed by atoms with van der Waals surface area (Å²) >= 11 is 0. The lowest BCUT2D eigenvalue weighted by molar-refractivity contribution is -0.385. The number of nitro benzene ring substituents is 1. The molecular weight excluding hydrogens is 240 g/mol. The van der Waals surface area contributed by atoms with Crippen LogP contribution in [0.2, 0.25) is 0 Å². The third-order valence-corrected chi connectivity index (χ3v) is 4.55. The van der Waals surface area contributed by atoms with Crippen LogP contribution < -0.4 is 5.32 Å². The summed E-state index contributed by atoms with van der Waals surface area (Å²) in [7, 11) is 0. The molecule has 1 aliphatic carbocycles. The third kappa shape index (κ3) is 2.88. The Bertz CT molecular complexity index is 473. The van der Waals surface area contributed by atoms with E-state index in [0.29, 0.717) is 17.9 Å². The van der Waals surface area contributed by atoms with Crippen molar-refractivity contribution in [2.24, 2.45) is 11.8 Å². The van der Waals surface area contributed by atoms with Gasteiger partial charge in [-0.15, -0.1) is 0 Å². The van der Waals surface area contributed by atoms with Gasteiger partial charge in [0.25, 0.3) is 5.69 Å². The number of rotatable bonds is 3. The third-order valence-electron chi connectivity index (χ3n) is 4.55. The summed E-state index contributed by atoms with van der Waals surface area (Å²) in [5, 5.41) is 14.5. The summed E-state index contributed by atoms with van der Waals surface area (Å²) < 4.78 is 0. The van der Waals surface area contributed by atoms with Crippen molar-refractivity contribution in [1.82, 2.24) is 0 Å². The van der Waals surface area contributed by atoms with Gasteiger partial charge in [0.2, 0.25) is 0 Å². The van der Waals surface area contributed by atoms with Gasteiger partial charge in [-0.25, -0.2) is 0 Å². The van der Waals surface area contributed by atoms with Crippen LogP contribution in [0.5, 0.6) is 0 Å². The predicted molar refractivity (Wildman–Crippen MR) is 77.4 cm³/mol. The molecule has 1 aliphatic rings. The average Bonchev–Trinajstić information content (AvgIpc) is 2.37. The molecule has 0 saturated heterocycles. The van der Waals surface area contributed by atoms with E-state index < -0.39 is 0 Å². The molecule has 4 nitrogen and oxygen atoms in total. The first kappa shape index (κ1) is 13.8. The van der Waals surface area contributed by atoms with Gasteiger partial charge in [0.1, 0.15) is 0 Å². The molecule has 1 aromatic carbocycles. The normalized spacial score (nSPS) is 27.0. The van der Waals surface area contributed by atoms with E-state index in [-0.39, 0.29) is 10.6 Å². The van der Waals surface area contributed by atoms with Crippen molar-refractivity contribution in [2.75, 3.05) is 5.32 Å². The lowest BCUT2D eigenvalue weighted by Crippen LogP contribution is -2.35. The van der Waals surface area contributed by atoms with Gasteiger partial charge in [-0.2, -0.15) is 0 Å². The number of nitrogens with one attached hydrogen (secondary N) is 1. The molecule has 0 heterocycles. The molecule has 0 amide bonds. The quantitative estimate of drug-likeness (QED) is 0.658. The number of hydrogen-bond acceptors (Lipinski definition) is 3. The first-order chi connectivity index (χ1) is 9.00. The fourth-order valence-corrected chi connectivity index (χ4v) is 2.96. The molecule has 0 spiro atoms. The number of nitrogens with zero attached hydrogens (tertiary/aromatic N) is 1. The molecule has 0 aromatic heterocycles. The first-order valence-corrected chi connectivity index (χ1v) is 7.01. The second-order valence-electron chi connectivity index (χ2n) is 5.72. The molecule has 2 rings (SSSR count). The summed E-state index contributed by atoms with van der Waals surface area (Å²) in [4.78, 5) is 10.6. The van der Waals surface area contributed by atoms with Gasteiger partial charge in [-0.05, 0) is 31.2 Å². The van der Waals surface area contributed by atoms with Crippen LogP contribution in [0.15, 0.2) is 18.2 Å². The molecule has 104 valence electrons. The molecule has 3 unspecified atom stereocenters. The molecular formula is C15H22N2O2. The van der Waals surface area contributed by atoms with Gasteiger partial charge in [0.15, 0.2) is 0 Å². The van der Waals surface area contributed by atoms with Crippen LogP contribution in [0, 0.1) is 28.9 Å². The van der Waals surface area contributed by atoms with Crippen LogP contribution >= 0.6 is 0 Å². The van der Waals surface area contributed by atoms with Crippen molar-refractivity contribution >= 4 is 11.4 Å². The summed E-state index contributed by atoms with van der Waals surface area (Å²) in [5.74, 6) is 1.32. The monoisotopic (exact) mass is 262 g/mol. The van der Waals surface area contributed by atoms with Crippen molar-refractivity contribution < 1.29 is 4.92 Å². The maximum atomic E-state index is 11.0. The highest BCUT2D eigenvalue weighted by atomic mass is 16.6. The van der Waals surface area contributed by atoms with Crippen LogP contribution in [0.1, 0.15) is 38.7 Å². The molecule has 1 N–H and O–H groups in total. The van der Waals surface area contributed by atoms with Crippen molar-refractivity contribution in [3.63, 3.8) is 0 Å². The highest BCUT2D eigenvalue weighted by molar-refractivity contribution is 5.60. The van der Waals surface area contributed by atoms with Crippen LogP contribution in [-0.4, -0.2) is 11.0 Å².